The Bertz CT molecular complexity index is 316. The SMILES string of the molecule is N#CC1CNCCN1C(=O)C1=CCC1. The van der Waals surface area contributed by atoms with E-state index >= 15 is 0 Å². The smallest absolute Gasteiger partial charge is 0.250 e. The maximum atomic E-state index is 11.8. The van der Waals surface area contributed by atoms with Crippen molar-refractivity contribution in [2.24, 2.45) is 0 Å². The van der Waals surface area contributed by atoms with Crippen LogP contribution in [0.3, 0.4) is 0 Å². The summed E-state index contributed by atoms with van der Waals surface area (Å²) in [5, 5.41) is 12.0. The molecule has 4 nitrogen and oxygen atoms in total. The molecule has 0 bridgehead atoms. The highest BCUT2D eigenvalue weighted by molar-refractivity contribution is 5.95. The minimum Gasteiger partial charge on any atom is -0.320 e. The van der Waals surface area contributed by atoms with Gasteiger partial charge in [-0.3, -0.25) is 4.79 Å². The highest BCUT2D eigenvalue weighted by Gasteiger charge is 2.29. The van der Waals surface area contributed by atoms with Gasteiger partial charge in [-0.1, -0.05) is 6.08 Å². The molecule has 2 aliphatic rings. The number of rotatable bonds is 1. The highest BCUT2D eigenvalue weighted by atomic mass is 16.2. The summed E-state index contributed by atoms with van der Waals surface area (Å²) in [5.74, 6) is 0.0595. The molecule has 1 fully saturated rings. The number of carbonyl (C=O) groups excluding carboxylic acids is 1. The fraction of sp³-hybridized carbons (Fsp3) is 0.600. The number of nitriles is 1. The summed E-state index contributed by atoms with van der Waals surface area (Å²) >= 11 is 0. The number of allylic oxidation sites excluding steroid dienone is 1. The Morgan fingerprint density at radius 1 is 1.71 bits per heavy atom. The maximum absolute atomic E-state index is 11.8. The van der Waals surface area contributed by atoms with E-state index < -0.39 is 0 Å². The average Bonchev–Trinajstić information content (AvgIpc) is 2.15. The van der Waals surface area contributed by atoms with E-state index in [0.717, 1.165) is 25.0 Å². The summed E-state index contributed by atoms with van der Waals surface area (Å²) in [6.45, 7) is 2.03. The first-order valence-corrected chi connectivity index (χ1v) is 4.93. The third-order valence-corrected chi connectivity index (χ3v) is 2.73. The van der Waals surface area contributed by atoms with Gasteiger partial charge in [0.25, 0.3) is 5.91 Å². The van der Waals surface area contributed by atoms with Crippen molar-refractivity contribution in [3.05, 3.63) is 11.6 Å². The van der Waals surface area contributed by atoms with Crippen molar-refractivity contribution in [1.82, 2.24) is 10.2 Å². The predicted molar refractivity (Wildman–Crippen MR) is 51.3 cm³/mol. The Morgan fingerprint density at radius 2 is 2.50 bits per heavy atom. The van der Waals surface area contributed by atoms with Gasteiger partial charge in [-0.15, -0.1) is 0 Å². The molecule has 1 saturated heterocycles. The van der Waals surface area contributed by atoms with E-state index in [0.29, 0.717) is 13.1 Å². The zero-order chi connectivity index (χ0) is 9.97. The third kappa shape index (κ3) is 1.51. The molecule has 1 aliphatic carbocycles. The van der Waals surface area contributed by atoms with Crippen LogP contribution in [-0.4, -0.2) is 36.5 Å². The molecule has 0 aromatic heterocycles. The molecule has 0 aromatic rings. The molecule has 1 amide bonds. The predicted octanol–water partition coefficient (Wildman–Crippen LogP) is 0.0306. The summed E-state index contributed by atoms with van der Waals surface area (Å²) in [4.78, 5) is 13.5. The van der Waals surface area contributed by atoms with E-state index in [4.69, 9.17) is 5.26 Å². The fourth-order valence-electron chi connectivity index (χ4n) is 1.73. The van der Waals surface area contributed by atoms with Crippen LogP contribution in [0.2, 0.25) is 0 Å². The zero-order valence-corrected chi connectivity index (χ0v) is 7.99. The summed E-state index contributed by atoms with van der Waals surface area (Å²) in [5.41, 5.74) is 0.882. The second-order valence-corrected chi connectivity index (χ2v) is 3.62. The maximum Gasteiger partial charge on any atom is 0.250 e. The lowest BCUT2D eigenvalue weighted by atomic mass is 9.97. The van der Waals surface area contributed by atoms with Gasteiger partial charge in [0, 0.05) is 25.2 Å². The molecular weight excluding hydrogens is 178 g/mol. The Balaban J connectivity index is 2.07. The van der Waals surface area contributed by atoms with Crippen molar-refractivity contribution < 1.29 is 4.79 Å². The molecule has 14 heavy (non-hydrogen) atoms. The number of hydrogen-bond donors (Lipinski definition) is 1. The molecule has 1 N–H and O–H groups in total. The lowest BCUT2D eigenvalue weighted by Gasteiger charge is -2.33. The number of hydrogen-bond acceptors (Lipinski definition) is 3. The van der Waals surface area contributed by atoms with Gasteiger partial charge in [-0.2, -0.15) is 5.26 Å². The van der Waals surface area contributed by atoms with Gasteiger partial charge in [0.1, 0.15) is 6.04 Å². The van der Waals surface area contributed by atoms with Gasteiger partial charge in [0.05, 0.1) is 6.07 Å². The van der Waals surface area contributed by atoms with Crippen LogP contribution in [0.25, 0.3) is 0 Å². The quantitative estimate of drug-likeness (QED) is 0.636. The lowest BCUT2D eigenvalue weighted by molar-refractivity contribution is -0.129. The van der Waals surface area contributed by atoms with Crippen molar-refractivity contribution in [3.63, 3.8) is 0 Å². The summed E-state index contributed by atoms with van der Waals surface area (Å²) in [6, 6.07) is 1.86. The first-order chi connectivity index (χ1) is 6.83. The molecule has 0 radical (unpaired) electrons. The Labute approximate surface area is 83.2 Å². The molecule has 0 aromatic carbocycles. The summed E-state index contributed by atoms with van der Waals surface area (Å²) in [7, 11) is 0. The number of amides is 1. The fourth-order valence-corrected chi connectivity index (χ4v) is 1.73. The van der Waals surface area contributed by atoms with Gasteiger partial charge in [-0.05, 0) is 12.8 Å². The zero-order valence-electron chi connectivity index (χ0n) is 7.99. The third-order valence-electron chi connectivity index (χ3n) is 2.73. The van der Waals surface area contributed by atoms with Crippen LogP contribution >= 0.6 is 0 Å². The molecule has 1 unspecified atom stereocenters. The van der Waals surface area contributed by atoms with Crippen LogP contribution in [0.4, 0.5) is 0 Å². The normalized spacial score (nSPS) is 26.1. The summed E-state index contributed by atoms with van der Waals surface area (Å²) in [6.07, 6.45) is 3.84. The van der Waals surface area contributed by atoms with Crippen molar-refractivity contribution in [2.75, 3.05) is 19.6 Å². The molecule has 0 spiro atoms. The molecular formula is C10H13N3O. The number of carbonyl (C=O) groups is 1. The second-order valence-electron chi connectivity index (χ2n) is 3.62. The minimum atomic E-state index is -0.294. The molecule has 1 atom stereocenters. The lowest BCUT2D eigenvalue weighted by Crippen LogP contribution is -2.53. The first-order valence-electron chi connectivity index (χ1n) is 4.93. The van der Waals surface area contributed by atoms with Crippen LogP contribution in [0.1, 0.15) is 12.8 Å². The van der Waals surface area contributed by atoms with Gasteiger partial charge in [0.15, 0.2) is 0 Å². The van der Waals surface area contributed by atoms with E-state index in [9.17, 15) is 4.79 Å². The van der Waals surface area contributed by atoms with E-state index in [1.54, 1.807) is 4.90 Å². The van der Waals surface area contributed by atoms with Crippen LogP contribution in [0.5, 0.6) is 0 Å². The second kappa shape index (κ2) is 3.81. The van der Waals surface area contributed by atoms with Crippen molar-refractivity contribution in [1.29, 1.82) is 5.26 Å². The monoisotopic (exact) mass is 191 g/mol. The Hall–Kier alpha value is -1.34. The van der Waals surface area contributed by atoms with Crippen LogP contribution in [0, 0.1) is 11.3 Å². The largest absolute Gasteiger partial charge is 0.320 e. The average molecular weight is 191 g/mol. The molecule has 1 aliphatic heterocycles. The molecule has 4 heteroatoms. The number of piperazine rings is 1. The van der Waals surface area contributed by atoms with Gasteiger partial charge < -0.3 is 10.2 Å². The highest BCUT2D eigenvalue weighted by Crippen LogP contribution is 2.21. The van der Waals surface area contributed by atoms with E-state index in [1.807, 2.05) is 6.08 Å². The van der Waals surface area contributed by atoms with Crippen molar-refractivity contribution in [3.8, 4) is 6.07 Å². The van der Waals surface area contributed by atoms with Gasteiger partial charge >= 0.3 is 0 Å². The van der Waals surface area contributed by atoms with Crippen LogP contribution in [-0.2, 0) is 4.79 Å². The Kier molecular flexibility index (Phi) is 2.51. The van der Waals surface area contributed by atoms with Crippen molar-refractivity contribution >= 4 is 5.91 Å². The van der Waals surface area contributed by atoms with Crippen LogP contribution < -0.4 is 5.32 Å². The number of nitrogens with zero attached hydrogens (tertiary/aromatic N) is 2. The van der Waals surface area contributed by atoms with Crippen molar-refractivity contribution in [2.45, 2.75) is 18.9 Å². The van der Waals surface area contributed by atoms with Gasteiger partial charge in [-0.25, -0.2) is 0 Å². The minimum absolute atomic E-state index is 0.0595. The van der Waals surface area contributed by atoms with Crippen LogP contribution in [0.15, 0.2) is 11.6 Å². The number of nitrogens with one attached hydrogen (secondary N) is 1. The summed E-state index contributed by atoms with van der Waals surface area (Å²) < 4.78 is 0. The van der Waals surface area contributed by atoms with E-state index in [1.165, 1.54) is 0 Å². The first kappa shape index (κ1) is 9.22. The standard InChI is InChI=1S/C10H13N3O/c11-6-9-7-12-4-5-13(9)10(14)8-2-1-3-8/h2,9,12H,1,3-5,7H2. The van der Waals surface area contributed by atoms with E-state index in [2.05, 4.69) is 11.4 Å². The van der Waals surface area contributed by atoms with E-state index in [-0.39, 0.29) is 11.9 Å². The van der Waals surface area contributed by atoms with Gasteiger partial charge in [0.2, 0.25) is 0 Å². The molecule has 1 heterocycles. The topological polar surface area (TPSA) is 56.1 Å². The Morgan fingerprint density at radius 3 is 3.07 bits per heavy atom. The molecule has 0 saturated carbocycles. The molecule has 74 valence electrons. The molecule has 2 rings (SSSR count).